The molecule has 5 heteroatoms. The van der Waals surface area contributed by atoms with E-state index in [2.05, 4.69) is 4.98 Å². The molecule has 1 N–H and O–H groups in total. The average Bonchev–Trinajstić information content (AvgIpc) is 3.03. The number of aromatic nitrogens is 1. The summed E-state index contributed by atoms with van der Waals surface area (Å²) in [6, 6.07) is 7.37. The quantitative estimate of drug-likeness (QED) is 0.916. The van der Waals surface area contributed by atoms with Gasteiger partial charge in [0.15, 0.2) is 0 Å². The monoisotopic (exact) mass is 328 g/mol. The van der Waals surface area contributed by atoms with Crippen LogP contribution in [0.25, 0.3) is 0 Å². The van der Waals surface area contributed by atoms with Gasteiger partial charge in [0.05, 0.1) is 12.7 Å². The average molecular weight is 328 g/mol. The van der Waals surface area contributed by atoms with E-state index in [0.29, 0.717) is 18.6 Å². The summed E-state index contributed by atoms with van der Waals surface area (Å²) < 4.78 is 5.30. The second-order valence-electron chi connectivity index (χ2n) is 6.39. The van der Waals surface area contributed by atoms with Gasteiger partial charge >= 0.3 is 0 Å². The summed E-state index contributed by atoms with van der Waals surface area (Å²) in [7, 11) is 0. The van der Waals surface area contributed by atoms with Crippen LogP contribution in [-0.2, 0) is 11.2 Å². The van der Waals surface area contributed by atoms with E-state index in [1.165, 1.54) is 0 Å². The van der Waals surface area contributed by atoms with Crippen molar-refractivity contribution in [2.45, 2.75) is 50.7 Å². The van der Waals surface area contributed by atoms with Gasteiger partial charge in [-0.2, -0.15) is 0 Å². The Hall–Kier alpha value is -2.14. The van der Waals surface area contributed by atoms with Gasteiger partial charge in [0, 0.05) is 31.4 Å². The summed E-state index contributed by atoms with van der Waals surface area (Å²) in [6.07, 6.45) is 9.41. The third-order valence-corrected chi connectivity index (χ3v) is 4.67. The first-order valence-corrected chi connectivity index (χ1v) is 8.64. The highest BCUT2D eigenvalue weighted by Crippen LogP contribution is 2.27. The first kappa shape index (κ1) is 16.7. The summed E-state index contributed by atoms with van der Waals surface area (Å²) in [5.74, 6) is 0.695. The van der Waals surface area contributed by atoms with Crippen molar-refractivity contribution in [2.75, 3.05) is 6.54 Å². The summed E-state index contributed by atoms with van der Waals surface area (Å²) in [6.45, 7) is 0.763. The van der Waals surface area contributed by atoms with Gasteiger partial charge in [-0.05, 0) is 42.7 Å². The van der Waals surface area contributed by atoms with Crippen molar-refractivity contribution in [3.05, 3.63) is 54.2 Å². The Labute approximate surface area is 142 Å². The first-order valence-electron chi connectivity index (χ1n) is 8.64. The molecule has 1 fully saturated rings. The van der Waals surface area contributed by atoms with Crippen molar-refractivity contribution >= 4 is 5.91 Å². The number of pyridine rings is 1. The van der Waals surface area contributed by atoms with Crippen molar-refractivity contribution in [2.24, 2.45) is 0 Å². The third-order valence-electron chi connectivity index (χ3n) is 4.67. The highest BCUT2D eigenvalue weighted by atomic mass is 16.4. The lowest BCUT2D eigenvalue weighted by molar-refractivity contribution is -0.133. The van der Waals surface area contributed by atoms with Crippen molar-refractivity contribution in [1.29, 1.82) is 0 Å². The molecule has 1 saturated heterocycles. The van der Waals surface area contributed by atoms with E-state index in [-0.39, 0.29) is 11.9 Å². The van der Waals surface area contributed by atoms with Crippen molar-refractivity contribution in [1.82, 2.24) is 9.88 Å². The number of hydrogen-bond donors (Lipinski definition) is 1. The molecule has 0 aliphatic carbocycles. The molecule has 0 bridgehead atoms. The minimum atomic E-state index is -0.667. The highest BCUT2D eigenvalue weighted by molar-refractivity contribution is 5.79. The van der Waals surface area contributed by atoms with Crippen molar-refractivity contribution in [3.63, 3.8) is 0 Å². The number of rotatable bonds is 5. The van der Waals surface area contributed by atoms with Crippen LogP contribution in [0.3, 0.4) is 0 Å². The Morgan fingerprint density at radius 1 is 1.29 bits per heavy atom. The Morgan fingerprint density at radius 2 is 2.12 bits per heavy atom. The van der Waals surface area contributed by atoms with Crippen LogP contribution >= 0.6 is 0 Å². The van der Waals surface area contributed by atoms with Gasteiger partial charge in [0.2, 0.25) is 5.91 Å². The largest absolute Gasteiger partial charge is 0.467 e. The van der Waals surface area contributed by atoms with Crippen molar-refractivity contribution < 1.29 is 14.3 Å². The minimum absolute atomic E-state index is 0.0573. The Morgan fingerprint density at radius 3 is 2.88 bits per heavy atom. The lowest BCUT2D eigenvalue weighted by atomic mass is 10.0. The van der Waals surface area contributed by atoms with E-state index in [4.69, 9.17) is 4.42 Å². The number of likely N-dealkylation sites (tertiary alicyclic amines) is 1. The smallest absolute Gasteiger partial charge is 0.227 e. The second-order valence-corrected chi connectivity index (χ2v) is 6.39. The summed E-state index contributed by atoms with van der Waals surface area (Å²) in [5, 5.41) is 10.4. The molecule has 2 aromatic heterocycles. The van der Waals surface area contributed by atoms with Crippen LogP contribution in [0, 0.1) is 0 Å². The minimum Gasteiger partial charge on any atom is -0.467 e. The number of furan rings is 1. The molecule has 1 aliphatic heterocycles. The van der Waals surface area contributed by atoms with E-state index in [0.717, 1.165) is 37.8 Å². The van der Waals surface area contributed by atoms with Crippen LogP contribution in [-0.4, -0.2) is 33.5 Å². The number of aliphatic hydroxyl groups is 1. The number of hydrogen-bond acceptors (Lipinski definition) is 4. The maximum absolute atomic E-state index is 12.8. The molecule has 1 aliphatic rings. The number of nitrogens with zero attached hydrogens (tertiary/aromatic N) is 2. The first-order chi connectivity index (χ1) is 11.7. The summed E-state index contributed by atoms with van der Waals surface area (Å²) >= 11 is 0. The molecule has 3 rings (SSSR count). The van der Waals surface area contributed by atoms with E-state index in [9.17, 15) is 9.90 Å². The molecule has 0 unspecified atom stereocenters. The van der Waals surface area contributed by atoms with E-state index < -0.39 is 6.10 Å². The Balaban J connectivity index is 1.68. The van der Waals surface area contributed by atoms with Crippen molar-refractivity contribution in [3.8, 4) is 0 Å². The molecule has 0 spiro atoms. The molecule has 1 amide bonds. The molecular weight excluding hydrogens is 304 g/mol. The molecule has 2 aromatic rings. The van der Waals surface area contributed by atoms with E-state index >= 15 is 0 Å². The second kappa shape index (κ2) is 8.11. The fraction of sp³-hybridized carbons (Fsp3) is 0.474. The molecule has 0 radical (unpaired) electrons. The van der Waals surface area contributed by atoms with Crippen LogP contribution in [0.15, 0.2) is 47.3 Å². The number of carbonyl (C=O) groups excluding carboxylic acids is 1. The summed E-state index contributed by atoms with van der Waals surface area (Å²) in [5.41, 5.74) is 0.976. The Bertz CT molecular complexity index is 627. The normalized spacial score (nSPS) is 19.7. The van der Waals surface area contributed by atoms with Crippen LogP contribution in [0.5, 0.6) is 0 Å². The predicted octanol–water partition coefficient (Wildman–Crippen LogP) is 3.11. The SMILES string of the molecule is O=C(Cc1ccncc1)N1CCCCC[C@H]1C[C@H](O)c1ccco1. The lowest BCUT2D eigenvalue weighted by Gasteiger charge is -2.31. The topological polar surface area (TPSA) is 66.6 Å². The molecule has 0 saturated carbocycles. The van der Waals surface area contributed by atoms with Crippen LogP contribution in [0.1, 0.15) is 49.5 Å². The lowest BCUT2D eigenvalue weighted by Crippen LogP contribution is -2.41. The molecular formula is C19H24N2O3. The fourth-order valence-corrected chi connectivity index (χ4v) is 3.38. The van der Waals surface area contributed by atoms with Crippen LogP contribution < -0.4 is 0 Å². The van der Waals surface area contributed by atoms with Gasteiger partial charge in [-0.15, -0.1) is 0 Å². The van der Waals surface area contributed by atoms with Crippen LogP contribution in [0.4, 0.5) is 0 Å². The zero-order chi connectivity index (χ0) is 16.8. The maximum atomic E-state index is 12.8. The number of carbonyl (C=O) groups is 1. The summed E-state index contributed by atoms with van der Waals surface area (Å²) in [4.78, 5) is 18.8. The maximum Gasteiger partial charge on any atom is 0.227 e. The van der Waals surface area contributed by atoms with Gasteiger partial charge < -0.3 is 14.4 Å². The zero-order valence-corrected chi connectivity index (χ0v) is 13.8. The molecule has 5 nitrogen and oxygen atoms in total. The molecule has 128 valence electrons. The molecule has 0 aromatic carbocycles. The van der Waals surface area contributed by atoms with Gasteiger partial charge in [0.1, 0.15) is 11.9 Å². The number of amides is 1. The molecule has 2 atom stereocenters. The van der Waals surface area contributed by atoms with E-state index in [1.54, 1.807) is 30.8 Å². The van der Waals surface area contributed by atoms with Crippen LogP contribution in [0.2, 0.25) is 0 Å². The van der Waals surface area contributed by atoms with Gasteiger partial charge in [-0.25, -0.2) is 0 Å². The van der Waals surface area contributed by atoms with Gasteiger partial charge in [-0.1, -0.05) is 12.8 Å². The Kier molecular flexibility index (Phi) is 5.64. The fourth-order valence-electron chi connectivity index (χ4n) is 3.38. The standard InChI is InChI=1S/C19H24N2O3/c22-17(18-6-4-12-24-18)14-16-5-2-1-3-11-21(16)19(23)13-15-7-9-20-10-8-15/h4,6-10,12,16-17,22H,1-3,5,11,13-14H2/t16-,17-/m0/s1. The predicted molar refractivity (Wildman–Crippen MR) is 90.2 cm³/mol. The molecule has 24 heavy (non-hydrogen) atoms. The van der Waals surface area contributed by atoms with E-state index in [1.807, 2.05) is 17.0 Å². The highest BCUT2D eigenvalue weighted by Gasteiger charge is 2.28. The van der Waals surface area contributed by atoms with Gasteiger partial charge in [-0.3, -0.25) is 9.78 Å². The molecule has 3 heterocycles. The number of aliphatic hydroxyl groups excluding tert-OH is 1. The van der Waals surface area contributed by atoms with Gasteiger partial charge in [0.25, 0.3) is 0 Å². The third kappa shape index (κ3) is 4.23. The zero-order valence-electron chi connectivity index (χ0n) is 13.8.